The third-order valence-corrected chi connectivity index (χ3v) is 2.11. The number of hydrogen-bond donors (Lipinski definition) is 1. The summed E-state index contributed by atoms with van der Waals surface area (Å²) in [5, 5.41) is 10.7. The maximum absolute atomic E-state index is 12.8. The van der Waals surface area contributed by atoms with Crippen LogP contribution in [-0.2, 0) is 11.2 Å². The van der Waals surface area contributed by atoms with Gasteiger partial charge in [0.2, 0.25) is 0 Å². The molecule has 1 rings (SSSR count). The van der Waals surface area contributed by atoms with Crippen molar-refractivity contribution in [1.82, 2.24) is 0 Å². The monoisotopic (exact) mass is 228 g/mol. The highest BCUT2D eigenvalue weighted by atomic mass is 19.1. The Bertz CT molecular complexity index is 384. The van der Waals surface area contributed by atoms with Crippen molar-refractivity contribution in [3.63, 3.8) is 0 Å². The summed E-state index contributed by atoms with van der Waals surface area (Å²) in [6.45, 7) is 0.300. The van der Waals surface area contributed by atoms with Crippen LogP contribution in [0.5, 0.6) is 0 Å². The van der Waals surface area contributed by atoms with Crippen molar-refractivity contribution in [2.45, 2.75) is 12.5 Å². The Morgan fingerprint density at radius 2 is 2.31 bits per heavy atom. The molecule has 0 aliphatic rings. The number of nitrogens with zero attached hydrogens (tertiary/aromatic N) is 1. The second kappa shape index (κ2) is 5.53. The predicted molar refractivity (Wildman–Crippen MR) is 56.6 cm³/mol. The van der Waals surface area contributed by atoms with Gasteiger partial charge in [0.25, 0.3) is 5.69 Å². The zero-order chi connectivity index (χ0) is 12.1. The van der Waals surface area contributed by atoms with E-state index in [0.29, 0.717) is 12.2 Å². The Morgan fingerprint density at radius 3 is 2.88 bits per heavy atom. The highest BCUT2D eigenvalue weighted by molar-refractivity contribution is 5.40. The number of methoxy groups -OCH3 is 1. The van der Waals surface area contributed by atoms with Crippen LogP contribution in [-0.4, -0.2) is 24.7 Å². The van der Waals surface area contributed by atoms with Crippen LogP contribution >= 0.6 is 0 Å². The van der Waals surface area contributed by atoms with E-state index >= 15 is 0 Å². The smallest absolute Gasteiger partial charge is 0.275 e. The van der Waals surface area contributed by atoms with Gasteiger partial charge in [-0.1, -0.05) is 0 Å². The molecule has 0 heterocycles. The predicted octanol–water partition coefficient (Wildman–Crippen LogP) is 1.25. The Labute approximate surface area is 92.2 Å². The lowest BCUT2D eigenvalue weighted by atomic mass is 10.1. The molecule has 0 fully saturated rings. The molecule has 1 aromatic rings. The zero-order valence-corrected chi connectivity index (χ0v) is 8.85. The number of hydrogen-bond acceptors (Lipinski definition) is 4. The molecule has 0 aliphatic carbocycles. The lowest BCUT2D eigenvalue weighted by molar-refractivity contribution is -0.385. The van der Waals surface area contributed by atoms with Gasteiger partial charge in [-0.2, -0.15) is 0 Å². The summed E-state index contributed by atoms with van der Waals surface area (Å²) in [6.07, 6.45) is 0.282. The van der Waals surface area contributed by atoms with Gasteiger partial charge in [0.1, 0.15) is 5.82 Å². The van der Waals surface area contributed by atoms with Crippen molar-refractivity contribution in [3.8, 4) is 0 Å². The SMILES string of the molecule is COCC(N)Cc1ccc(F)cc1[N+](=O)[O-]. The van der Waals surface area contributed by atoms with Crippen LogP contribution in [0.2, 0.25) is 0 Å². The summed E-state index contributed by atoms with van der Waals surface area (Å²) in [4.78, 5) is 10.1. The van der Waals surface area contributed by atoms with E-state index in [9.17, 15) is 14.5 Å². The number of rotatable bonds is 5. The standard InChI is InChI=1S/C10H13FN2O3/c1-16-6-9(12)4-7-2-3-8(11)5-10(7)13(14)15/h2-3,5,9H,4,6,12H2,1H3. The Morgan fingerprint density at radius 1 is 1.62 bits per heavy atom. The van der Waals surface area contributed by atoms with Gasteiger partial charge in [-0.05, 0) is 18.6 Å². The van der Waals surface area contributed by atoms with Crippen molar-refractivity contribution in [3.05, 3.63) is 39.7 Å². The summed E-state index contributed by atoms with van der Waals surface area (Å²) in [5.74, 6) is -0.629. The lowest BCUT2D eigenvalue weighted by Gasteiger charge is -2.10. The van der Waals surface area contributed by atoms with Crippen LogP contribution in [0.15, 0.2) is 18.2 Å². The molecule has 0 aromatic heterocycles. The first-order valence-electron chi connectivity index (χ1n) is 4.72. The molecular weight excluding hydrogens is 215 g/mol. The van der Waals surface area contributed by atoms with Crippen LogP contribution < -0.4 is 5.73 Å². The van der Waals surface area contributed by atoms with Crippen LogP contribution in [0, 0.1) is 15.9 Å². The van der Waals surface area contributed by atoms with Gasteiger partial charge in [0.05, 0.1) is 17.6 Å². The van der Waals surface area contributed by atoms with Crippen molar-refractivity contribution in [2.24, 2.45) is 5.73 Å². The minimum absolute atomic E-state index is 0.244. The number of nitrogens with two attached hydrogens (primary N) is 1. The highest BCUT2D eigenvalue weighted by Crippen LogP contribution is 2.20. The quantitative estimate of drug-likeness (QED) is 0.607. The topological polar surface area (TPSA) is 78.4 Å². The maximum Gasteiger partial charge on any atom is 0.275 e. The fourth-order valence-electron chi connectivity index (χ4n) is 1.44. The second-order valence-electron chi connectivity index (χ2n) is 3.45. The van der Waals surface area contributed by atoms with E-state index < -0.39 is 10.7 Å². The van der Waals surface area contributed by atoms with Crippen LogP contribution in [0.3, 0.4) is 0 Å². The fraction of sp³-hybridized carbons (Fsp3) is 0.400. The molecule has 0 spiro atoms. The van der Waals surface area contributed by atoms with Crippen LogP contribution in [0.4, 0.5) is 10.1 Å². The third-order valence-electron chi connectivity index (χ3n) is 2.11. The van der Waals surface area contributed by atoms with Crippen molar-refractivity contribution in [2.75, 3.05) is 13.7 Å². The Hall–Kier alpha value is -1.53. The molecule has 1 atom stereocenters. The molecule has 1 aromatic carbocycles. The Balaban J connectivity index is 2.90. The molecule has 0 amide bonds. The van der Waals surface area contributed by atoms with E-state index in [0.717, 1.165) is 6.07 Å². The van der Waals surface area contributed by atoms with E-state index in [1.165, 1.54) is 19.2 Å². The van der Waals surface area contributed by atoms with E-state index in [2.05, 4.69) is 0 Å². The molecule has 6 heteroatoms. The molecule has 16 heavy (non-hydrogen) atoms. The highest BCUT2D eigenvalue weighted by Gasteiger charge is 2.16. The van der Waals surface area contributed by atoms with E-state index in [-0.39, 0.29) is 18.2 Å². The normalized spacial score (nSPS) is 12.4. The summed E-state index contributed by atoms with van der Waals surface area (Å²) >= 11 is 0. The summed E-state index contributed by atoms with van der Waals surface area (Å²) in [7, 11) is 1.50. The molecule has 1 unspecified atom stereocenters. The molecule has 0 aliphatic heterocycles. The fourth-order valence-corrected chi connectivity index (χ4v) is 1.44. The molecule has 0 radical (unpaired) electrons. The zero-order valence-electron chi connectivity index (χ0n) is 8.85. The van der Waals surface area contributed by atoms with Gasteiger partial charge in [-0.15, -0.1) is 0 Å². The van der Waals surface area contributed by atoms with Gasteiger partial charge in [0.15, 0.2) is 0 Å². The maximum atomic E-state index is 12.8. The molecule has 0 saturated heterocycles. The van der Waals surface area contributed by atoms with Gasteiger partial charge in [0, 0.05) is 18.7 Å². The number of ether oxygens (including phenoxy) is 1. The van der Waals surface area contributed by atoms with E-state index in [1.54, 1.807) is 0 Å². The summed E-state index contributed by atoms with van der Waals surface area (Å²) < 4.78 is 17.7. The van der Waals surface area contributed by atoms with Gasteiger partial charge >= 0.3 is 0 Å². The van der Waals surface area contributed by atoms with Crippen molar-refractivity contribution < 1.29 is 14.1 Å². The molecule has 5 nitrogen and oxygen atoms in total. The summed E-state index contributed by atoms with van der Waals surface area (Å²) in [5.41, 5.74) is 5.85. The van der Waals surface area contributed by atoms with Crippen molar-refractivity contribution >= 4 is 5.69 Å². The van der Waals surface area contributed by atoms with Gasteiger partial charge in [-0.3, -0.25) is 10.1 Å². The van der Waals surface area contributed by atoms with Crippen LogP contribution in [0.25, 0.3) is 0 Å². The van der Waals surface area contributed by atoms with Gasteiger partial charge < -0.3 is 10.5 Å². The Kier molecular flexibility index (Phi) is 4.33. The molecule has 0 saturated carbocycles. The van der Waals surface area contributed by atoms with E-state index in [1.807, 2.05) is 0 Å². The van der Waals surface area contributed by atoms with E-state index in [4.69, 9.17) is 10.5 Å². The average molecular weight is 228 g/mol. The minimum Gasteiger partial charge on any atom is -0.383 e. The number of benzene rings is 1. The van der Waals surface area contributed by atoms with Crippen LogP contribution in [0.1, 0.15) is 5.56 Å². The molecule has 2 N–H and O–H groups in total. The number of nitro groups is 1. The summed E-state index contributed by atoms with van der Waals surface area (Å²) in [6, 6.07) is 3.12. The number of halogens is 1. The minimum atomic E-state index is -0.629. The average Bonchev–Trinajstić information content (AvgIpc) is 2.20. The van der Waals surface area contributed by atoms with Gasteiger partial charge in [-0.25, -0.2) is 4.39 Å². The molecular formula is C10H13FN2O3. The third kappa shape index (κ3) is 3.25. The van der Waals surface area contributed by atoms with Crippen molar-refractivity contribution in [1.29, 1.82) is 0 Å². The molecule has 88 valence electrons. The largest absolute Gasteiger partial charge is 0.383 e. The first-order chi connectivity index (χ1) is 7.54. The molecule has 0 bridgehead atoms. The lowest BCUT2D eigenvalue weighted by Crippen LogP contribution is -2.28. The first kappa shape index (κ1) is 12.5. The first-order valence-corrected chi connectivity index (χ1v) is 4.72. The number of nitro benzene ring substituents is 1. The second-order valence-corrected chi connectivity index (χ2v) is 3.45.